The molecule has 0 aromatic carbocycles. The van der Waals surface area contributed by atoms with E-state index < -0.39 is 0 Å². The fourth-order valence-corrected chi connectivity index (χ4v) is 2.28. The van der Waals surface area contributed by atoms with Crippen LogP contribution in [0.5, 0.6) is 0 Å². The minimum Gasteiger partial charge on any atom is -0.342 e. The minimum atomic E-state index is -0.376. The maximum Gasteiger partial charge on any atom is 0 e. The molecule has 0 aliphatic heterocycles. The summed E-state index contributed by atoms with van der Waals surface area (Å²) in [6.45, 7) is 7.46. The largest absolute Gasteiger partial charge is 0.342 e. The Morgan fingerprint density at radius 3 is 2.42 bits per heavy atom. The molecule has 1 saturated carbocycles. The van der Waals surface area contributed by atoms with Gasteiger partial charge in [-0.2, -0.15) is 0 Å². The standard InChI is InChI=1S/C10H12O.Y/c1-7(11)10(2)6-8-3-4-9(10)5-8;/h3-4,8-9H,1-2,5-6H2;/q-2;. The fourth-order valence-electron chi connectivity index (χ4n) is 2.28. The second-order valence-corrected chi connectivity index (χ2v) is 3.77. The molecule has 1 radical (unpaired) electrons. The monoisotopic (exact) mass is 237 g/mol. The van der Waals surface area contributed by atoms with E-state index in [2.05, 4.69) is 26.0 Å². The van der Waals surface area contributed by atoms with Crippen molar-refractivity contribution in [2.24, 2.45) is 17.3 Å². The van der Waals surface area contributed by atoms with Crippen molar-refractivity contribution in [3.63, 3.8) is 0 Å². The normalized spacial score (nSPS) is 42.8. The van der Waals surface area contributed by atoms with Gasteiger partial charge in [0.15, 0.2) is 0 Å². The number of hydrogen-bond donors (Lipinski definition) is 0. The number of fused-ring (bicyclic) bond motifs is 2. The van der Waals surface area contributed by atoms with Crippen molar-refractivity contribution >= 4 is 5.78 Å². The zero-order valence-corrected chi connectivity index (χ0v) is 9.96. The minimum absolute atomic E-state index is 0. The van der Waals surface area contributed by atoms with Crippen molar-refractivity contribution in [3.8, 4) is 0 Å². The maximum atomic E-state index is 11.2. The van der Waals surface area contributed by atoms with E-state index in [1.54, 1.807) is 0 Å². The van der Waals surface area contributed by atoms with Gasteiger partial charge in [0.05, 0.1) is 0 Å². The molecule has 2 aliphatic rings. The summed E-state index contributed by atoms with van der Waals surface area (Å²) in [5.41, 5.74) is -0.376. The molecule has 0 N–H and O–H groups in total. The topological polar surface area (TPSA) is 17.1 Å². The smallest absolute Gasteiger partial charge is 0 e. The van der Waals surface area contributed by atoms with Crippen LogP contribution in [0.2, 0.25) is 0 Å². The Bertz CT molecular complexity index is 234. The zero-order chi connectivity index (χ0) is 8.06. The zero-order valence-electron chi connectivity index (χ0n) is 7.12. The summed E-state index contributed by atoms with van der Waals surface area (Å²) in [5, 5.41) is 0. The first-order chi connectivity index (χ1) is 5.13. The van der Waals surface area contributed by atoms with E-state index in [4.69, 9.17) is 0 Å². The van der Waals surface area contributed by atoms with Gasteiger partial charge in [-0.15, -0.1) is 5.41 Å². The van der Waals surface area contributed by atoms with Gasteiger partial charge in [0.1, 0.15) is 0 Å². The third kappa shape index (κ3) is 1.31. The predicted octanol–water partition coefficient (Wildman–Crippen LogP) is 1.80. The van der Waals surface area contributed by atoms with Gasteiger partial charge < -0.3 is 18.6 Å². The van der Waals surface area contributed by atoms with Crippen molar-refractivity contribution in [2.45, 2.75) is 12.8 Å². The summed E-state index contributed by atoms with van der Waals surface area (Å²) in [7, 11) is 0. The van der Waals surface area contributed by atoms with Crippen LogP contribution in [0, 0.1) is 31.1 Å². The average Bonchev–Trinajstić information content (AvgIpc) is 2.45. The molecule has 2 bridgehead atoms. The Kier molecular flexibility index (Phi) is 2.85. The number of carbonyl (C=O) groups excluding carboxylic acids is 1. The molecule has 1 nitrogen and oxygen atoms in total. The van der Waals surface area contributed by atoms with Crippen LogP contribution in [0.25, 0.3) is 0 Å². The molecule has 2 aliphatic carbocycles. The molecule has 63 valence electrons. The summed E-state index contributed by atoms with van der Waals surface area (Å²) in [6, 6.07) is 0. The van der Waals surface area contributed by atoms with Crippen LogP contribution < -0.4 is 0 Å². The first kappa shape index (κ1) is 10.5. The van der Waals surface area contributed by atoms with Gasteiger partial charge in [0.25, 0.3) is 0 Å². The van der Waals surface area contributed by atoms with E-state index in [1.807, 2.05) is 0 Å². The number of allylic oxidation sites excluding steroid dienone is 2. The number of carbonyl (C=O) groups is 1. The van der Waals surface area contributed by atoms with E-state index in [0.717, 1.165) is 12.8 Å². The number of ketones is 1. The van der Waals surface area contributed by atoms with E-state index in [-0.39, 0.29) is 43.9 Å². The summed E-state index contributed by atoms with van der Waals surface area (Å²) < 4.78 is 0. The van der Waals surface area contributed by atoms with Gasteiger partial charge in [-0.05, 0) is 24.0 Å². The van der Waals surface area contributed by atoms with Crippen LogP contribution in [-0.4, -0.2) is 5.78 Å². The summed E-state index contributed by atoms with van der Waals surface area (Å²) in [4.78, 5) is 11.2. The SMILES string of the molecule is [CH2-]C(=O)C1([CH2-])CC2C=CC1C2.[Y]. The number of rotatable bonds is 1. The Morgan fingerprint density at radius 1 is 1.50 bits per heavy atom. The molecule has 0 spiro atoms. The first-order valence-electron chi connectivity index (χ1n) is 4.03. The quantitative estimate of drug-likeness (QED) is 0.502. The van der Waals surface area contributed by atoms with Crippen LogP contribution in [0.15, 0.2) is 12.2 Å². The Labute approximate surface area is 98.9 Å². The molecular weight excluding hydrogens is 225 g/mol. The molecule has 3 unspecified atom stereocenters. The second-order valence-electron chi connectivity index (χ2n) is 3.77. The van der Waals surface area contributed by atoms with Crippen LogP contribution in [0.4, 0.5) is 0 Å². The van der Waals surface area contributed by atoms with Crippen molar-refractivity contribution in [3.05, 3.63) is 26.0 Å². The Hall–Kier alpha value is 0.384. The van der Waals surface area contributed by atoms with Crippen LogP contribution in [-0.2, 0) is 37.5 Å². The van der Waals surface area contributed by atoms with Crippen molar-refractivity contribution in [1.29, 1.82) is 0 Å². The Balaban J connectivity index is 0.000000720. The van der Waals surface area contributed by atoms with Gasteiger partial charge in [0.2, 0.25) is 0 Å². The van der Waals surface area contributed by atoms with Crippen molar-refractivity contribution in [2.75, 3.05) is 0 Å². The molecule has 3 atom stereocenters. The van der Waals surface area contributed by atoms with Crippen LogP contribution in [0.3, 0.4) is 0 Å². The van der Waals surface area contributed by atoms with Gasteiger partial charge >= 0.3 is 0 Å². The first-order valence-corrected chi connectivity index (χ1v) is 4.03. The summed E-state index contributed by atoms with van der Waals surface area (Å²) in [6.07, 6.45) is 6.36. The van der Waals surface area contributed by atoms with Gasteiger partial charge in [-0.3, -0.25) is 0 Å². The van der Waals surface area contributed by atoms with E-state index in [0.29, 0.717) is 11.8 Å². The molecule has 2 rings (SSSR count). The molecule has 1 fully saturated rings. The summed E-state index contributed by atoms with van der Waals surface area (Å²) in [5.74, 6) is 0.982. The summed E-state index contributed by atoms with van der Waals surface area (Å²) >= 11 is 0. The fraction of sp³-hybridized carbons (Fsp3) is 0.500. The molecule has 0 amide bonds. The average molecular weight is 237 g/mol. The van der Waals surface area contributed by atoms with Crippen LogP contribution >= 0.6 is 0 Å². The second kappa shape index (κ2) is 3.27. The van der Waals surface area contributed by atoms with E-state index in [1.165, 1.54) is 0 Å². The van der Waals surface area contributed by atoms with E-state index >= 15 is 0 Å². The molecule has 12 heavy (non-hydrogen) atoms. The molecule has 2 heteroatoms. The number of Topliss-reactive ketones (excluding diaryl/α,β-unsaturated/α-hetero) is 1. The number of hydrogen-bond acceptors (Lipinski definition) is 1. The van der Waals surface area contributed by atoms with E-state index in [9.17, 15) is 4.79 Å². The third-order valence-corrected chi connectivity index (χ3v) is 3.06. The molecule has 0 heterocycles. The van der Waals surface area contributed by atoms with Crippen molar-refractivity contribution in [1.82, 2.24) is 0 Å². The molecule has 0 aromatic heterocycles. The molecule has 0 saturated heterocycles. The van der Waals surface area contributed by atoms with Gasteiger partial charge in [-0.1, -0.05) is 18.6 Å². The van der Waals surface area contributed by atoms with Gasteiger partial charge in [0, 0.05) is 32.7 Å². The third-order valence-electron chi connectivity index (χ3n) is 3.06. The van der Waals surface area contributed by atoms with Crippen molar-refractivity contribution < 1.29 is 37.5 Å². The molecular formula is C10H12OY-2. The maximum absolute atomic E-state index is 11.2. The van der Waals surface area contributed by atoms with Gasteiger partial charge in [-0.25, -0.2) is 0 Å². The predicted molar refractivity (Wildman–Crippen MR) is 43.5 cm³/mol. The molecule has 0 aromatic rings. The van der Waals surface area contributed by atoms with Crippen LogP contribution in [0.1, 0.15) is 12.8 Å². The Morgan fingerprint density at radius 2 is 2.17 bits per heavy atom.